The lowest BCUT2D eigenvalue weighted by molar-refractivity contribution is -0.124. The van der Waals surface area contributed by atoms with Gasteiger partial charge >= 0.3 is 0 Å². The maximum Gasteiger partial charge on any atom is 0.234 e. The van der Waals surface area contributed by atoms with Gasteiger partial charge in [-0.25, -0.2) is 5.01 Å². The number of carbonyl (C=O) groups is 1. The predicted molar refractivity (Wildman–Crippen MR) is 68.4 cm³/mol. The summed E-state index contributed by atoms with van der Waals surface area (Å²) in [6.07, 6.45) is 3.75. The lowest BCUT2D eigenvalue weighted by Gasteiger charge is -2.11. The number of carbonyl (C=O) groups excluding carboxylic acids is 1. The second-order valence-corrected chi connectivity index (χ2v) is 5.16. The number of aryl methyl sites for hydroxylation is 2. The molecule has 1 N–H and O–H groups in total. The standard InChI is InChI=1S/C12H20N2OS/c1-10-8-9-16-11(10)6-4-5-7-12(15)13-14(2)3/h8-9H,4-7H2,1-3H3,(H,13,15). The van der Waals surface area contributed by atoms with Crippen LogP contribution in [0.5, 0.6) is 0 Å². The summed E-state index contributed by atoms with van der Waals surface area (Å²) in [5.74, 6) is 0.105. The summed E-state index contributed by atoms with van der Waals surface area (Å²) < 4.78 is 0. The summed E-state index contributed by atoms with van der Waals surface area (Å²) >= 11 is 1.81. The van der Waals surface area contributed by atoms with E-state index in [2.05, 4.69) is 23.8 Å². The second kappa shape index (κ2) is 6.66. The van der Waals surface area contributed by atoms with Crippen LogP contribution >= 0.6 is 11.3 Å². The lowest BCUT2D eigenvalue weighted by atomic mass is 10.1. The number of unbranched alkanes of at least 4 members (excludes halogenated alkanes) is 1. The summed E-state index contributed by atoms with van der Waals surface area (Å²) in [5, 5.41) is 3.81. The number of nitrogens with one attached hydrogen (secondary N) is 1. The fourth-order valence-electron chi connectivity index (χ4n) is 1.54. The van der Waals surface area contributed by atoms with E-state index in [1.54, 1.807) is 5.01 Å². The van der Waals surface area contributed by atoms with Crippen molar-refractivity contribution in [3.63, 3.8) is 0 Å². The first kappa shape index (κ1) is 13.2. The summed E-state index contributed by atoms with van der Waals surface area (Å²) in [6, 6.07) is 2.15. The van der Waals surface area contributed by atoms with E-state index in [1.807, 2.05) is 25.4 Å². The molecule has 1 rings (SSSR count). The molecule has 0 spiro atoms. The molecule has 1 amide bonds. The first-order chi connectivity index (χ1) is 7.59. The topological polar surface area (TPSA) is 32.3 Å². The monoisotopic (exact) mass is 240 g/mol. The highest BCUT2D eigenvalue weighted by molar-refractivity contribution is 7.10. The van der Waals surface area contributed by atoms with E-state index in [0.29, 0.717) is 6.42 Å². The molecule has 0 aliphatic heterocycles. The Morgan fingerprint density at radius 1 is 1.44 bits per heavy atom. The van der Waals surface area contributed by atoms with E-state index in [1.165, 1.54) is 10.4 Å². The van der Waals surface area contributed by atoms with Gasteiger partial charge in [-0.3, -0.25) is 10.2 Å². The Labute approximate surface area is 101 Å². The molecule has 0 aliphatic carbocycles. The Morgan fingerprint density at radius 2 is 2.19 bits per heavy atom. The highest BCUT2D eigenvalue weighted by atomic mass is 32.1. The number of hydrogen-bond donors (Lipinski definition) is 1. The van der Waals surface area contributed by atoms with Crippen LogP contribution in [0.2, 0.25) is 0 Å². The van der Waals surface area contributed by atoms with Crippen molar-refractivity contribution in [2.24, 2.45) is 0 Å². The molecule has 0 unspecified atom stereocenters. The van der Waals surface area contributed by atoms with Crippen LogP contribution in [0.15, 0.2) is 11.4 Å². The molecule has 90 valence electrons. The van der Waals surface area contributed by atoms with Crippen LogP contribution in [0, 0.1) is 6.92 Å². The van der Waals surface area contributed by atoms with Crippen LogP contribution in [0.3, 0.4) is 0 Å². The molecule has 0 saturated heterocycles. The largest absolute Gasteiger partial charge is 0.289 e. The second-order valence-electron chi connectivity index (χ2n) is 4.16. The zero-order valence-corrected chi connectivity index (χ0v) is 11.1. The number of hydrazine groups is 1. The van der Waals surface area contributed by atoms with Gasteiger partial charge in [0.05, 0.1) is 0 Å². The highest BCUT2D eigenvalue weighted by Gasteiger charge is 2.03. The fraction of sp³-hybridized carbons (Fsp3) is 0.583. The molecule has 1 aromatic heterocycles. The van der Waals surface area contributed by atoms with Crippen LogP contribution in [-0.4, -0.2) is 25.0 Å². The van der Waals surface area contributed by atoms with E-state index < -0.39 is 0 Å². The van der Waals surface area contributed by atoms with Crippen molar-refractivity contribution in [3.05, 3.63) is 21.9 Å². The molecule has 0 fully saturated rings. The van der Waals surface area contributed by atoms with Crippen LogP contribution in [0.1, 0.15) is 29.7 Å². The molecule has 0 aromatic carbocycles. The van der Waals surface area contributed by atoms with Gasteiger partial charge in [-0.2, -0.15) is 0 Å². The van der Waals surface area contributed by atoms with Crippen molar-refractivity contribution in [3.8, 4) is 0 Å². The Hall–Kier alpha value is -0.870. The Kier molecular flexibility index (Phi) is 5.49. The summed E-state index contributed by atoms with van der Waals surface area (Å²) in [4.78, 5) is 12.8. The molecular formula is C12H20N2OS. The maximum atomic E-state index is 11.3. The first-order valence-corrected chi connectivity index (χ1v) is 6.47. The van der Waals surface area contributed by atoms with Crippen LogP contribution in [0.25, 0.3) is 0 Å². The minimum absolute atomic E-state index is 0.105. The van der Waals surface area contributed by atoms with Crippen molar-refractivity contribution in [2.45, 2.75) is 32.6 Å². The minimum Gasteiger partial charge on any atom is -0.289 e. The molecule has 0 radical (unpaired) electrons. The molecule has 0 aliphatic rings. The Bertz CT molecular complexity index is 334. The van der Waals surface area contributed by atoms with Gasteiger partial charge in [-0.05, 0) is 43.2 Å². The maximum absolute atomic E-state index is 11.3. The van der Waals surface area contributed by atoms with E-state index in [0.717, 1.165) is 19.3 Å². The van der Waals surface area contributed by atoms with Crippen LogP contribution < -0.4 is 5.43 Å². The first-order valence-electron chi connectivity index (χ1n) is 5.59. The molecule has 1 aromatic rings. The molecule has 4 heteroatoms. The Morgan fingerprint density at radius 3 is 2.75 bits per heavy atom. The predicted octanol–water partition coefficient (Wildman–Crippen LogP) is 2.36. The van der Waals surface area contributed by atoms with Crippen LogP contribution in [0.4, 0.5) is 0 Å². The smallest absolute Gasteiger partial charge is 0.234 e. The van der Waals surface area contributed by atoms with Crippen molar-refractivity contribution in [1.82, 2.24) is 10.4 Å². The highest BCUT2D eigenvalue weighted by Crippen LogP contribution is 2.18. The van der Waals surface area contributed by atoms with Gasteiger partial charge in [0.25, 0.3) is 0 Å². The third kappa shape index (κ3) is 4.77. The van der Waals surface area contributed by atoms with E-state index in [-0.39, 0.29) is 5.91 Å². The van der Waals surface area contributed by atoms with Crippen LogP contribution in [-0.2, 0) is 11.2 Å². The molecule has 16 heavy (non-hydrogen) atoms. The van der Waals surface area contributed by atoms with Gasteiger partial charge in [0.15, 0.2) is 0 Å². The number of nitrogens with zero attached hydrogens (tertiary/aromatic N) is 1. The van der Waals surface area contributed by atoms with Gasteiger partial charge in [0.2, 0.25) is 5.91 Å². The average molecular weight is 240 g/mol. The van der Waals surface area contributed by atoms with Gasteiger partial charge in [-0.1, -0.05) is 0 Å². The van der Waals surface area contributed by atoms with Gasteiger partial charge in [-0.15, -0.1) is 11.3 Å². The quantitative estimate of drug-likeness (QED) is 0.611. The Balaban J connectivity index is 2.13. The third-order valence-corrected chi connectivity index (χ3v) is 3.46. The number of amides is 1. The minimum atomic E-state index is 0.105. The van der Waals surface area contributed by atoms with Gasteiger partial charge < -0.3 is 0 Å². The SMILES string of the molecule is Cc1ccsc1CCCCC(=O)NN(C)C. The van der Waals surface area contributed by atoms with Gasteiger partial charge in [0.1, 0.15) is 0 Å². The van der Waals surface area contributed by atoms with Crippen molar-refractivity contribution in [2.75, 3.05) is 14.1 Å². The normalized spacial score (nSPS) is 10.8. The molecule has 0 saturated carbocycles. The number of rotatable bonds is 6. The summed E-state index contributed by atoms with van der Waals surface area (Å²) in [6.45, 7) is 2.14. The van der Waals surface area contributed by atoms with Crippen molar-refractivity contribution < 1.29 is 4.79 Å². The lowest BCUT2D eigenvalue weighted by Crippen LogP contribution is -2.35. The van der Waals surface area contributed by atoms with E-state index >= 15 is 0 Å². The third-order valence-electron chi connectivity index (χ3n) is 2.37. The summed E-state index contributed by atoms with van der Waals surface area (Å²) in [7, 11) is 3.65. The van der Waals surface area contributed by atoms with E-state index in [9.17, 15) is 4.79 Å². The molecular weight excluding hydrogens is 220 g/mol. The zero-order chi connectivity index (χ0) is 12.0. The fourth-order valence-corrected chi connectivity index (χ4v) is 2.49. The number of thiophene rings is 1. The zero-order valence-electron chi connectivity index (χ0n) is 10.2. The van der Waals surface area contributed by atoms with E-state index in [4.69, 9.17) is 0 Å². The molecule has 1 heterocycles. The molecule has 3 nitrogen and oxygen atoms in total. The molecule has 0 bridgehead atoms. The number of hydrogen-bond acceptors (Lipinski definition) is 3. The van der Waals surface area contributed by atoms with Gasteiger partial charge in [0, 0.05) is 25.4 Å². The average Bonchev–Trinajstić information content (AvgIpc) is 2.58. The summed E-state index contributed by atoms with van der Waals surface area (Å²) in [5.41, 5.74) is 4.12. The van der Waals surface area contributed by atoms with Crippen molar-refractivity contribution in [1.29, 1.82) is 0 Å². The van der Waals surface area contributed by atoms with Crippen molar-refractivity contribution >= 4 is 17.2 Å². The molecule has 0 atom stereocenters.